The molecule has 1 atom stereocenters. The van der Waals surface area contributed by atoms with Crippen LogP contribution in [0.15, 0.2) is 0 Å². The summed E-state index contributed by atoms with van der Waals surface area (Å²) in [5.74, 6) is -0.376. The molecule has 6 nitrogen and oxygen atoms in total. The van der Waals surface area contributed by atoms with E-state index in [0.29, 0.717) is 12.2 Å². The molecule has 0 aromatic rings. The summed E-state index contributed by atoms with van der Waals surface area (Å²) in [5.41, 5.74) is 0. The Bertz CT molecular complexity index is 334. The van der Waals surface area contributed by atoms with E-state index in [-0.39, 0.29) is 18.4 Å². The third kappa shape index (κ3) is 9.66. The molecule has 7 heteroatoms. The Morgan fingerprint density at radius 3 is 2.35 bits per heavy atom. The standard InChI is InChI=1S/C13H24N2O4S/c1-4-5-20-8-12(17)14-7-11(16)15-10(13(18)19)6-9(2)3/h9-10H,4-8H2,1-3H3,(H,14,17)(H,15,16)(H,18,19)/t10-/m0/s1. The van der Waals surface area contributed by atoms with Gasteiger partial charge in [0.15, 0.2) is 0 Å². The second kappa shape index (κ2) is 10.5. The van der Waals surface area contributed by atoms with Crippen LogP contribution < -0.4 is 10.6 Å². The van der Waals surface area contributed by atoms with E-state index in [2.05, 4.69) is 10.6 Å². The first kappa shape index (κ1) is 18.8. The normalized spacial score (nSPS) is 12.0. The highest BCUT2D eigenvalue weighted by atomic mass is 32.2. The largest absolute Gasteiger partial charge is 0.480 e. The van der Waals surface area contributed by atoms with Gasteiger partial charge in [-0.2, -0.15) is 11.8 Å². The lowest BCUT2D eigenvalue weighted by Gasteiger charge is -2.16. The maximum absolute atomic E-state index is 11.6. The lowest BCUT2D eigenvalue weighted by molar-refractivity contribution is -0.142. The van der Waals surface area contributed by atoms with E-state index in [1.165, 1.54) is 11.8 Å². The third-order valence-corrected chi connectivity index (χ3v) is 3.53. The number of aliphatic carboxylic acids is 1. The van der Waals surface area contributed by atoms with Gasteiger partial charge in [-0.1, -0.05) is 20.8 Å². The minimum Gasteiger partial charge on any atom is -0.480 e. The van der Waals surface area contributed by atoms with Crippen LogP contribution in [-0.4, -0.2) is 47.0 Å². The second-order valence-electron chi connectivity index (χ2n) is 4.92. The van der Waals surface area contributed by atoms with Crippen LogP contribution in [0, 0.1) is 5.92 Å². The molecule has 0 aliphatic carbocycles. The predicted molar refractivity (Wildman–Crippen MR) is 79.6 cm³/mol. The number of carboxylic acids is 1. The Kier molecular flexibility index (Phi) is 9.88. The van der Waals surface area contributed by atoms with Crippen molar-refractivity contribution in [3.8, 4) is 0 Å². The number of nitrogens with one attached hydrogen (secondary N) is 2. The van der Waals surface area contributed by atoms with Crippen molar-refractivity contribution in [2.24, 2.45) is 5.92 Å². The molecule has 0 spiro atoms. The van der Waals surface area contributed by atoms with Crippen molar-refractivity contribution in [2.45, 2.75) is 39.7 Å². The van der Waals surface area contributed by atoms with E-state index in [9.17, 15) is 14.4 Å². The van der Waals surface area contributed by atoms with Gasteiger partial charge in [-0.25, -0.2) is 4.79 Å². The molecule has 0 aliphatic heterocycles. The summed E-state index contributed by atoms with van der Waals surface area (Å²) in [6.45, 7) is 5.61. The zero-order valence-corrected chi connectivity index (χ0v) is 13.1. The van der Waals surface area contributed by atoms with E-state index in [1.54, 1.807) is 0 Å². The highest BCUT2D eigenvalue weighted by molar-refractivity contribution is 7.99. The second-order valence-corrected chi connectivity index (χ2v) is 6.02. The third-order valence-electron chi connectivity index (χ3n) is 2.37. The first-order chi connectivity index (χ1) is 9.36. The molecule has 0 aromatic heterocycles. The molecule has 0 radical (unpaired) electrons. The molecule has 20 heavy (non-hydrogen) atoms. The number of amides is 2. The minimum atomic E-state index is -1.06. The van der Waals surface area contributed by atoms with Crippen molar-refractivity contribution >= 4 is 29.5 Å². The maximum Gasteiger partial charge on any atom is 0.326 e. The van der Waals surface area contributed by atoms with Gasteiger partial charge in [-0.05, 0) is 24.5 Å². The van der Waals surface area contributed by atoms with Gasteiger partial charge in [0.25, 0.3) is 0 Å². The molecular formula is C13H24N2O4S. The Balaban J connectivity index is 4.01. The van der Waals surface area contributed by atoms with Crippen LogP contribution >= 0.6 is 11.8 Å². The lowest BCUT2D eigenvalue weighted by atomic mass is 10.0. The fraction of sp³-hybridized carbons (Fsp3) is 0.769. The first-order valence-corrected chi connectivity index (χ1v) is 7.88. The van der Waals surface area contributed by atoms with Gasteiger partial charge in [-0.3, -0.25) is 9.59 Å². The van der Waals surface area contributed by atoms with Crippen LogP contribution in [0.2, 0.25) is 0 Å². The summed E-state index contributed by atoms with van der Waals surface area (Å²) < 4.78 is 0. The number of thioether (sulfide) groups is 1. The number of rotatable bonds is 10. The lowest BCUT2D eigenvalue weighted by Crippen LogP contribution is -2.46. The monoisotopic (exact) mass is 304 g/mol. The molecule has 0 aromatic carbocycles. The van der Waals surface area contributed by atoms with Crippen molar-refractivity contribution < 1.29 is 19.5 Å². The van der Waals surface area contributed by atoms with Crippen molar-refractivity contribution in [2.75, 3.05) is 18.1 Å². The number of carbonyl (C=O) groups excluding carboxylic acids is 2. The van der Waals surface area contributed by atoms with Gasteiger partial charge in [0.05, 0.1) is 12.3 Å². The van der Waals surface area contributed by atoms with Gasteiger partial charge >= 0.3 is 5.97 Å². The van der Waals surface area contributed by atoms with E-state index in [4.69, 9.17) is 5.11 Å². The van der Waals surface area contributed by atoms with Gasteiger partial charge < -0.3 is 15.7 Å². The highest BCUT2D eigenvalue weighted by Gasteiger charge is 2.20. The molecule has 0 aliphatic rings. The van der Waals surface area contributed by atoms with Gasteiger partial charge in [-0.15, -0.1) is 0 Å². The summed E-state index contributed by atoms with van der Waals surface area (Å²) in [5, 5.41) is 13.9. The molecule has 3 N–H and O–H groups in total. The molecule has 0 saturated heterocycles. The Morgan fingerprint density at radius 2 is 1.85 bits per heavy atom. The molecule has 0 fully saturated rings. The van der Waals surface area contributed by atoms with E-state index in [1.807, 2.05) is 20.8 Å². The van der Waals surface area contributed by atoms with Crippen LogP contribution in [0.3, 0.4) is 0 Å². The first-order valence-electron chi connectivity index (χ1n) is 6.73. The average Bonchev–Trinajstić information content (AvgIpc) is 2.35. The molecule has 2 amide bonds. The van der Waals surface area contributed by atoms with E-state index >= 15 is 0 Å². The summed E-state index contributed by atoms with van der Waals surface area (Å²) in [7, 11) is 0. The Labute approximate surface area is 124 Å². The topological polar surface area (TPSA) is 95.5 Å². The van der Waals surface area contributed by atoms with Crippen molar-refractivity contribution in [1.82, 2.24) is 10.6 Å². The number of carboxylic acid groups (broad SMARTS) is 1. The van der Waals surface area contributed by atoms with Crippen molar-refractivity contribution in [3.63, 3.8) is 0 Å². The Morgan fingerprint density at radius 1 is 1.20 bits per heavy atom. The molecule has 0 heterocycles. The molecule has 0 unspecified atom stereocenters. The fourth-order valence-corrected chi connectivity index (χ4v) is 2.20. The van der Waals surface area contributed by atoms with E-state index < -0.39 is 17.9 Å². The van der Waals surface area contributed by atoms with Gasteiger partial charge in [0.1, 0.15) is 6.04 Å². The number of carbonyl (C=O) groups is 3. The van der Waals surface area contributed by atoms with Gasteiger partial charge in [0.2, 0.25) is 11.8 Å². The minimum absolute atomic E-state index is 0.163. The SMILES string of the molecule is CCCSCC(=O)NCC(=O)N[C@@H](CC(C)C)C(=O)O. The fourth-order valence-electron chi connectivity index (χ4n) is 1.48. The van der Waals surface area contributed by atoms with E-state index in [0.717, 1.165) is 12.2 Å². The van der Waals surface area contributed by atoms with Gasteiger partial charge in [0, 0.05) is 0 Å². The smallest absolute Gasteiger partial charge is 0.326 e. The quantitative estimate of drug-likeness (QED) is 0.520. The summed E-state index contributed by atoms with van der Waals surface area (Å²) >= 11 is 1.50. The van der Waals surface area contributed by atoms with Crippen LogP contribution in [0.4, 0.5) is 0 Å². The Hall–Kier alpha value is -1.24. The average molecular weight is 304 g/mol. The summed E-state index contributed by atoms with van der Waals surface area (Å²) in [6.07, 6.45) is 1.36. The number of hydrogen-bond donors (Lipinski definition) is 3. The molecule has 0 bridgehead atoms. The van der Waals surface area contributed by atoms with Crippen LogP contribution in [-0.2, 0) is 14.4 Å². The summed E-state index contributed by atoms with van der Waals surface area (Å²) in [6, 6.07) is -0.908. The molecule has 0 rings (SSSR count). The number of hydrogen-bond acceptors (Lipinski definition) is 4. The molecular weight excluding hydrogens is 280 g/mol. The van der Waals surface area contributed by atoms with Crippen LogP contribution in [0.25, 0.3) is 0 Å². The van der Waals surface area contributed by atoms with Crippen molar-refractivity contribution in [3.05, 3.63) is 0 Å². The van der Waals surface area contributed by atoms with Crippen LogP contribution in [0.1, 0.15) is 33.6 Å². The molecule has 116 valence electrons. The molecule has 0 saturated carbocycles. The summed E-state index contributed by atoms with van der Waals surface area (Å²) in [4.78, 5) is 33.9. The predicted octanol–water partition coefficient (Wildman–Crippen LogP) is 0.861. The highest BCUT2D eigenvalue weighted by Crippen LogP contribution is 2.04. The van der Waals surface area contributed by atoms with Crippen LogP contribution in [0.5, 0.6) is 0 Å². The zero-order valence-electron chi connectivity index (χ0n) is 12.3. The zero-order chi connectivity index (χ0) is 15.5. The maximum atomic E-state index is 11.6. The van der Waals surface area contributed by atoms with Crippen molar-refractivity contribution in [1.29, 1.82) is 0 Å².